The summed E-state index contributed by atoms with van der Waals surface area (Å²) in [5, 5.41) is 3.47. The normalized spacial score (nSPS) is 12.9. The number of aryl methyl sites for hydroxylation is 1. The maximum Gasteiger partial charge on any atom is 0.416 e. The summed E-state index contributed by atoms with van der Waals surface area (Å²) in [4.78, 5) is 32.9. The Bertz CT molecular complexity index is 1410. The van der Waals surface area contributed by atoms with Crippen molar-refractivity contribution >= 4 is 22.6 Å². The van der Waals surface area contributed by atoms with Gasteiger partial charge in [-0.25, -0.2) is 0 Å². The number of pyridine rings is 1. The highest BCUT2D eigenvalue weighted by atomic mass is 19.4. The highest BCUT2D eigenvalue weighted by Gasteiger charge is 2.37. The van der Waals surface area contributed by atoms with E-state index in [-0.39, 0.29) is 36.5 Å². The molecule has 0 aliphatic rings. The van der Waals surface area contributed by atoms with Gasteiger partial charge in [0, 0.05) is 47.9 Å². The molecule has 1 amide bonds. The van der Waals surface area contributed by atoms with Crippen LogP contribution in [0.4, 0.5) is 26.3 Å². The largest absolute Gasteiger partial charge is 0.416 e. The number of para-hydroxylation sites is 1. The standard InChI is InChI=1S/C27H21F6N3O2/c28-26(29,30)19-11-16(12-20(14-19)27(31,32)33)5-6-24(37)23(36-25(38)17-7-9-34-10-8-17)13-18-15-35-22-4-2-1-3-21(18)22/h1-4,7-12,14-15,23,35H,5-6,13H2,(H,36,38). The van der Waals surface area contributed by atoms with Gasteiger partial charge in [0.25, 0.3) is 5.91 Å². The number of hydrogen-bond acceptors (Lipinski definition) is 3. The Balaban J connectivity index is 1.58. The molecule has 2 N–H and O–H groups in total. The van der Waals surface area contributed by atoms with Gasteiger partial charge in [-0.1, -0.05) is 18.2 Å². The van der Waals surface area contributed by atoms with E-state index in [0.717, 1.165) is 10.9 Å². The zero-order valence-electron chi connectivity index (χ0n) is 19.7. The van der Waals surface area contributed by atoms with E-state index in [9.17, 15) is 35.9 Å². The first-order valence-electron chi connectivity index (χ1n) is 11.5. The third-order valence-electron chi connectivity index (χ3n) is 6.04. The molecule has 0 bridgehead atoms. The summed E-state index contributed by atoms with van der Waals surface area (Å²) in [5.41, 5.74) is -1.42. The van der Waals surface area contributed by atoms with Gasteiger partial charge in [-0.15, -0.1) is 0 Å². The fourth-order valence-corrected chi connectivity index (χ4v) is 4.12. The first-order valence-corrected chi connectivity index (χ1v) is 11.5. The van der Waals surface area contributed by atoms with Crippen LogP contribution < -0.4 is 5.32 Å². The molecular weight excluding hydrogens is 512 g/mol. The van der Waals surface area contributed by atoms with Crippen molar-refractivity contribution in [3.05, 3.63) is 101 Å². The van der Waals surface area contributed by atoms with E-state index < -0.39 is 41.2 Å². The molecule has 4 aromatic rings. The van der Waals surface area contributed by atoms with Gasteiger partial charge in [-0.05, 0) is 53.9 Å². The van der Waals surface area contributed by atoms with Gasteiger partial charge >= 0.3 is 12.4 Å². The minimum Gasteiger partial charge on any atom is -0.361 e. The second-order valence-electron chi connectivity index (χ2n) is 8.71. The van der Waals surface area contributed by atoms with E-state index in [1.54, 1.807) is 12.3 Å². The number of aromatic amines is 1. The van der Waals surface area contributed by atoms with Crippen LogP contribution in [0, 0.1) is 0 Å². The van der Waals surface area contributed by atoms with Gasteiger partial charge in [-0.3, -0.25) is 14.6 Å². The maximum absolute atomic E-state index is 13.2. The Kier molecular flexibility index (Phi) is 7.56. The lowest BCUT2D eigenvalue weighted by Gasteiger charge is -2.18. The molecule has 0 aliphatic heterocycles. The van der Waals surface area contributed by atoms with E-state index in [1.165, 1.54) is 24.5 Å². The molecule has 0 fully saturated rings. The summed E-state index contributed by atoms with van der Waals surface area (Å²) in [6.07, 6.45) is -6.19. The van der Waals surface area contributed by atoms with Gasteiger partial charge < -0.3 is 10.3 Å². The van der Waals surface area contributed by atoms with Crippen molar-refractivity contribution in [1.82, 2.24) is 15.3 Å². The van der Waals surface area contributed by atoms with E-state index in [1.807, 2.05) is 18.2 Å². The number of nitrogens with zero attached hydrogens (tertiary/aromatic N) is 1. The number of Topliss-reactive ketones (excluding diaryl/α,β-unsaturated/α-hetero) is 1. The van der Waals surface area contributed by atoms with E-state index >= 15 is 0 Å². The molecular formula is C27H21F6N3O2. The first-order chi connectivity index (χ1) is 17.9. The molecule has 2 aromatic heterocycles. The van der Waals surface area contributed by atoms with Crippen LogP contribution in [0.5, 0.6) is 0 Å². The summed E-state index contributed by atoms with van der Waals surface area (Å²) in [6, 6.07) is 10.3. The Labute approximate surface area is 212 Å². The van der Waals surface area contributed by atoms with Gasteiger partial charge in [0.05, 0.1) is 17.2 Å². The molecule has 0 aliphatic carbocycles. The Morgan fingerprint density at radius 3 is 2.16 bits per heavy atom. The molecule has 0 saturated carbocycles. The van der Waals surface area contributed by atoms with Crippen LogP contribution in [0.2, 0.25) is 0 Å². The summed E-state index contributed by atoms with van der Waals surface area (Å²) in [5.74, 6) is -1.10. The number of ketones is 1. The third kappa shape index (κ3) is 6.39. The van der Waals surface area contributed by atoms with Crippen LogP contribution in [-0.4, -0.2) is 27.7 Å². The number of carbonyl (C=O) groups is 2. The fourth-order valence-electron chi connectivity index (χ4n) is 4.12. The number of nitrogens with one attached hydrogen (secondary N) is 2. The number of fused-ring (bicyclic) bond motifs is 1. The van der Waals surface area contributed by atoms with Gasteiger partial charge in [0.15, 0.2) is 5.78 Å². The van der Waals surface area contributed by atoms with Crippen molar-refractivity contribution in [3.63, 3.8) is 0 Å². The number of carbonyl (C=O) groups excluding carboxylic acids is 2. The summed E-state index contributed by atoms with van der Waals surface area (Å²) in [6.45, 7) is 0. The van der Waals surface area contributed by atoms with Crippen molar-refractivity contribution in [2.24, 2.45) is 0 Å². The first kappa shape index (κ1) is 26.9. The average molecular weight is 533 g/mol. The van der Waals surface area contributed by atoms with E-state index in [4.69, 9.17) is 0 Å². The Hall–Kier alpha value is -4.15. The molecule has 0 spiro atoms. The minimum absolute atomic E-state index is 0.0417. The van der Waals surface area contributed by atoms with Crippen LogP contribution in [0.15, 0.2) is 73.2 Å². The third-order valence-corrected chi connectivity index (χ3v) is 6.04. The monoisotopic (exact) mass is 533 g/mol. The number of aromatic nitrogens is 2. The quantitative estimate of drug-likeness (QED) is 0.267. The van der Waals surface area contributed by atoms with Crippen molar-refractivity contribution in [2.75, 3.05) is 0 Å². The lowest BCUT2D eigenvalue weighted by atomic mass is 9.95. The molecule has 38 heavy (non-hydrogen) atoms. The topological polar surface area (TPSA) is 74.8 Å². The van der Waals surface area contributed by atoms with Crippen LogP contribution in [0.1, 0.15) is 39.0 Å². The zero-order valence-corrected chi connectivity index (χ0v) is 19.7. The molecule has 4 rings (SSSR count). The summed E-state index contributed by atoms with van der Waals surface area (Å²) in [7, 11) is 0. The molecule has 198 valence electrons. The highest BCUT2D eigenvalue weighted by molar-refractivity contribution is 5.98. The van der Waals surface area contributed by atoms with E-state index in [2.05, 4.69) is 15.3 Å². The van der Waals surface area contributed by atoms with Crippen LogP contribution >= 0.6 is 0 Å². The smallest absolute Gasteiger partial charge is 0.361 e. The van der Waals surface area contributed by atoms with Crippen molar-refractivity contribution < 1.29 is 35.9 Å². The number of alkyl halides is 6. The molecule has 5 nitrogen and oxygen atoms in total. The van der Waals surface area contributed by atoms with Gasteiger partial charge in [-0.2, -0.15) is 26.3 Å². The van der Waals surface area contributed by atoms with Crippen LogP contribution in [0.25, 0.3) is 10.9 Å². The zero-order chi connectivity index (χ0) is 27.5. The second-order valence-corrected chi connectivity index (χ2v) is 8.71. The minimum atomic E-state index is -4.99. The number of hydrogen-bond donors (Lipinski definition) is 2. The Morgan fingerprint density at radius 2 is 1.53 bits per heavy atom. The summed E-state index contributed by atoms with van der Waals surface area (Å²) < 4.78 is 79.3. The molecule has 1 atom stereocenters. The van der Waals surface area contributed by atoms with Gasteiger partial charge in [0.1, 0.15) is 0 Å². The lowest BCUT2D eigenvalue weighted by molar-refractivity contribution is -0.143. The van der Waals surface area contributed by atoms with Crippen molar-refractivity contribution in [1.29, 1.82) is 0 Å². The van der Waals surface area contributed by atoms with Crippen LogP contribution in [-0.2, 0) is 30.0 Å². The predicted octanol–water partition coefficient (Wildman–Crippen LogP) is 6.14. The average Bonchev–Trinajstić information content (AvgIpc) is 3.29. The van der Waals surface area contributed by atoms with Crippen molar-refractivity contribution in [3.8, 4) is 0 Å². The molecule has 2 heterocycles. The number of rotatable bonds is 8. The number of H-pyrrole nitrogens is 1. The van der Waals surface area contributed by atoms with Gasteiger partial charge in [0.2, 0.25) is 0 Å². The summed E-state index contributed by atoms with van der Waals surface area (Å²) >= 11 is 0. The number of halogens is 6. The highest BCUT2D eigenvalue weighted by Crippen LogP contribution is 2.36. The predicted molar refractivity (Wildman–Crippen MR) is 127 cm³/mol. The number of benzene rings is 2. The number of amides is 1. The van der Waals surface area contributed by atoms with Crippen molar-refractivity contribution in [2.45, 2.75) is 37.7 Å². The second kappa shape index (κ2) is 10.7. The fraction of sp³-hybridized carbons (Fsp3) is 0.222. The molecule has 2 aromatic carbocycles. The molecule has 0 saturated heterocycles. The van der Waals surface area contributed by atoms with Crippen LogP contribution in [0.3, 0.4) is 0 Å². The molecule has 0 radical (unpaired) electrons. The lowest BCUT2D eigenvalue weighted by Crippen LogP contribution is -2.42. The SMILES string of the molecule is O=C(NC(Cc1c[nH]c2ccccc12)C(=O)CCc1cc(C(F)(F)F)cc(C(F)(F)F)c1)c1ccncc1. The molecule has 11 heteroatoms. The molecule has 1 unspecified atom stereocenters. The van der Waals surface area contributed by atoms with E-state index in [0.29, 0.717) is 17.7 Å². The maximum atomic E-state index is 13.2. The Morgan fingerprint density at radius 1 is 0.895 bits per heavy atom.